The van der Waals surface area contributed by atoms with Gasteiger partial charge in [0, 0.05) is 19.6 Å². The third-order valence-electron chi connectivity index (χ3n) is 3.67. The Morgan fingerprint density at radius 1 is 1.18 bits per heavy atom. The van der Waals surface area contributed by atoms with Gasteiger partial charge in [0.15, 0.2) is 0 Å². The molecule has 0 aromatic carbocycles. The van der Waals surface area contributed by atoms with Gasteiger partial charge in [0.2, 0.25) is 0 Å². The van der Waals surface area contributed by atoms with E-state index in [1.165, 1.54) is 44.9 Å². The van der Waals surface area contributed by atoms with Crippen molar-refractivity contribution in [2.75, 3.05) is 19.6 Å². The number of urea groups is 1. The topological polar surface area (TPSA) is 32.3 Å². The van der Waals surface area contributed by atoms with Crippen LogP contribution in [0.3, 0.4) is 0 Å². The number of amides is 2. The van der Waals surface area contributed by atoms with E-state index in [0.29, 0.717) is 0 Å². The van der Waals surface area contributed by atoms with Crippen molar-refractivity contribution in [3.8, 4) is 0 Å². The lowest BCUT2D eigenvalue weighted by Crippen LogP contribution is -2.30. The highest BCUT2D eigenvalue weighted by Crippen LogP contribution is 2.20. The lowest BCUT2D eigenvalue weighted by atomic mass is 9.93. The van der Waals surface area contributed by atoms with Gasteiger partial charge in [-0.3, -0.25) is 0 Å². The summed E-state index contributed by atoms with van der Waals surface area (Å²) in [6, 6.07) is 0.133. The minimum absolute atomic E-state index is 0.133. The van der Waals surface area contributed by atoms with Crippen molar-refractivity contribution in [2.24, 2.45) is 5.92 Å². The molecule has 1 aliphatic rings. The zero-order valence-corrected chi connectivity index (χ0v) is 11.5. The second-order valence-corrected chi connectivity index (χ2v) is 5.16. The van der Waals surface area contributed by atoms with Gasteiger partial charge in [-0.2, -0.15) is 0 Å². The molecule has 0 saturated carbocycles. The molecule has 0 aliphatic carbocycles. The summed E-state index contributed by atoms with van der Waals surface area (Å²) >= 11 is 0. The van der Waals surface area contributed by atoms with E-state index in [4.69, 9.17) is 0 Å². The third-order valence-corrected chi connectivity index (χ3v) is 3.67. The molecule has 2 amide bonds. The van der Waals surface area contributed by atoms with Gasteiger partial charge in [-0.1, -0.05) is 52.4 Å². The zero-order chi connectivity index (χ0) is 12.5. The number of carbonyl (C=O) groups is 1. The molecule has 1 heterocycles. The van der Waals surface area contributed by atoms with Gasteiger partial charge in [-0.25, -0.2) is 4.79 Å². The molecule has 1 fully saturated rings. The zero-order valence-electron chi connectivity index (χ0n) is 11.5. The first kappa shape index (κ1) is 14.3. The number of nitrogens with zero attached hydrogens (tertiary/aromatic N) is 1. The first-order valence-electron chi connectivity index (χ1n) is 7.30. The van der Waals surface area contributed by atoms with Gasteiger partial charge in [-0.05, 0) is 12.3 Å². The molecule has 1 unspecified atom stereocenters. The molecule has 17 heavy (non-hydrogen) atoms. The van der Waals surface area contributed by atoms with E-state index in [-0.39, 0.29) is 6.03 Å². The Balaban J connectivity index is 2.20. The second kappa shape index (κ2) is 8.37. The van der Waals surface area contributed by atoms with E-state index >= 15 is 0 Å². The van der Waals surface area contributed by atoms with Crippen molar-refractivity contribution in [3.05, 3.63) is 0 Å². The monoisotopic (exact) mass is 240 g/mol. The number of carbonyl (C=O) groups excluding carboxylic acids is 1. The summed E-state index contributed by atoms with van der Waals surface area (Å²) in [6.07, 6.45) is 9.12. The van der Waals surface area contributed by atoms with Gasteiger partial charge in [0.1, 0.15) is 0 Å². The maximum Gasteiger partial charge on any atom is 0.317 e. The molecule has 1 N–H and O–H groups in total. The SMILES string of the molecule is CCCCCC(CCC)CCN1CCNC1=O. The fourth-order valence-electron chi connectivity index (χ4n) is 2.59. The van der Waals surface area contributed by atoms with E-state index in [1.54, 1.807) is 0 Å². The lowest BCUT2D eigenvalue weighted by Gasteiger charge is -2.20. The van der Waals surface area contributed by atoms with Gasteiger partial charge in [0.25, 0.3) is 0 Å². The van der Waals surface area contributed by atoms with Crippen LogP contribution in [0.5, 0.6) is 0 Å². The van der Waals surface area contributed by atoms with Crippen LogP contribution >= 0.6 is 0 Å². The largest absolute Gasteiger partial charge is 0.336 e. The predicted octanol–water partition coefficient (Wildman–Crippen LogP) is 3.40. The van der Waals surface area contributed by atoms with Crippen LogP contribution in [-0.4, -0.2) is 30.6 Å². The fourth-order valence-corrected chi connectivity index (χ4v) is 2.59. The van der Waals surface area contributed by atoms with Crippen LogP contribution in [-0.2, 0) is 0 Å². The summed E-state index contributed by atoms with van der Waals surface area (Å²) in [7, 11) is 0. The Labute approximate surface area is 106 Å². The van der Waals surface area contributed by atoms with Gasteiger partial charge in [0.05, 0.1) is 0 Å². The fraction of sp³-hybridized carbons (Fsp3) is 0.929. The van der Waals surface area contributed by atoms with Crippen LogP contribution in [0.2, 0.25) is 0 Å². The molecule has 0 bridgehead atoms. The van der Waals surface area contributed by atoms with Crippen LogP contribution in [0.1, 0.15) is 58.8 Å². The first-order valence-corrected chi connectivity index (χ1v) is 7.30. The van der Waals surface area contributed by atoms with E-state index < -0.39 is 0 Å². The molecule has 1 aliphatic heterocycles. The number of hydrogen-bond donors (Lipinski definition) is 1. The highest BCUT2D eigenvalue weighted by molar-refractivity contribution is 5.76. The molecule has 3 heteroatoms. The molecule has 0 spiro atoms. The Bertz CT molecular complexity index is 218. The van der Waals surface area contributed by atoms with Gasteiger partial charge in [-0.15, -0.1) is 0 Å². The molecule has 100 valence electrons. The summed E-state index contributed by atoms with van der Waals surface area (Å²) in [5.74, 6) is 0.819. The quantitative estimate of drug-likeness (QED) is 0.616. The average Bonchev–Trinajstić information content (AvgIpc) is 2.72. The van der Waals surface area contributed by atoms with Crippen molar-refractivity contribution in [3.63, 3.8) is 0 Å². The summed E-state index contributed by atoms with van der Waals surface area (Å²) in [4.78, 5) is 13.4. The lowest BCUT2D eigenvalue weighted by molar-refractivity contribution is 0.212. The van der Waals surface area contributed by atoms with E-state index in [9.17, 15) is 4.79 Å². The summed E-state index contributed by atoms with van der Waals surface area (Å²) in [6.45, 7) is 7.18. The minimum atomic E-state index is 0.133. The smallest absolute Gasteiger partial charge is 0.317 e. The average molecular weight is 240 g/mol. The van der Waals surface area contributed by atoms with Crippen molar-refractivity contribution in [2.45, 2.75) is 58.8 Å². The standard InChI is InChI=1S/C14H28N2O/c1-3-5-6-8-13(7-4-2)9-11-16-12-10-15-14(16)17/h13H,3-12H2,1-2H3,(H,15,17). The van der Waals surface area contributed by atoms with Crippen molar-refractivity contribution in [1.82, 2.24) is 10.2 Å². The normalized spacial score (nSPS) is 17.3. The summed E-state index contributed by atoms with van der Waals surface area (Å²) in [5, 5.41) is 2.86. The van der Waals surface area contributed by atoms with Crippen LogP contribution in [0.4, 0.5) is 4.79 Å². The Morgan fingerprint density at radius 2 is 2.00 bits per heavy atom. The molecule has 0 radical (unpaired) electrons. The molecule has 1 rings (SSSR count). The van der Waals surface area contributed by atoms with Crippen LogP contribution in [0.15, 0.2) is 0 Å². The number of nitrogens with one attached hydrogen (secondary N) is 1. The van der Waals surface area contributed by atoms with Crippen molar-refractivity contribution >= 4 is 6.03 Å². The molecule has 3 nitrogen and oxygen atoms in total. The number of rotatable bonds is 9. The Hall–Kier alpha value is -0.730. The Kier molecular flexibility index (Phi) is 7.06. The third kappa shape index (κ3) is 5.42. The predicted molar refractivity (Wildman–Crippen MR) is 72.1 cm³/mol. The first-order chi connectivity index (χ1) is 8.27. The van der Waals surface area contributed by atoms with Gasteiger partial charge < -0.3 is 10.2 Å². The summed E-state index contributed by atoms with van der Waals surface area (Å²) < 4.78 is 0. The van der Waals surface area contributed by atoms with Crippen LogP contribution < -0.4 is 5.32 Å². The van der Waals surface area contributed by atoms with Crippen molar-refractivity contribution in [1.29, 1.82) is 0 Å². The van der Waals surface area contributed by atoms with E-state index in [2.05, 4.69) is 19.2 Å². The number of unbranched alkanes of at least 4 members (excludes halogenated alkanes) is 2. The van der Waals surface area contributed by atoms with E-state index in [1.807, 2.05) is 4.90 Å². The van der Waals surface area contributed by atoms with E-state index in [0.717, 1.165) is 25.6 Å². The summed E-state index contributed by atoms with van der Waals surface area (Å²) in [5.41, 5.74) is 0. The highest BCUT2D eigenvalue weighted by atomic mass is 16.2. The number of hydrogen-bond acceptors (Lipinski definition) is 1. The molecular weight excluding hydrogens is 212 g/mol. The van der Waals surface area contributed by atoms with Gasteiger partial charge >= 0.3 is 6.03 Å². The van der Waals surface area contributed by atoms with Crippen LogP contribution in [0.25, 0.3) is 0 Å². The molecule has 0 aromatic heterocycles. The minimum Gasteiger partial charge on any atom is -0.336 e. The van der Waals surface area contributed by atoms with Crippen LogP contribution in [0, 0.1) is 5.92 Å². The van der Waals surface area contributed by atoms with Crippen molar-refractivity contribution < 1.29 is 4.79 Å². The maximum absolute atomic E-state index is 11.4. The molecule has 0 aromatic rings. The molecular formula is C14H28N2O. The molecule has 1 saturated heterocycles. The molecule has 1 atom stereocenters. The highest BCUT2D eigenvalue weighted by Gasteiger charge is 2.20. The maximum atomic E-state index is 11.4. The Morgan fingerprint density at radius 3 is 2.59 bits per heavy atom. The second-order valence-electron chi connectivity index (χ2n) is 5.16.